The first kappa shape index (κ1) is 26.2. The van der Waals surface area contributed by atoms with E-state index in [-0.39, 0.29) is 0 Å². The van der Waals surface area contributed by atoms with Gasteiger partial charge in [0, 0.05) is 0 Å². The van der Waals surface area contributed by atoms with Gasteiger partial charge in [-0.15, -0.1) is 0 Å². The van der Waals surface area contributed by atoms with E-state index in [4.69, 9.17) is 0 Å². The molecule has 0 aromatic carbocycles. The van der Waals surface area contributed by atoms with Crippen LogP contribution in [0.3, 0.4) is 0 Å². The minimum Gasteiger partial charge on any atom is -0.0625 e. The molecule has 10 fully saturated rings. The molecule has 10 saturated carbocycles. The van der Waals surface area contributed by atoms with E-state index < -0.39 is 0 Å². The highest BCUT2D eigenvalue weighted by molar-refractivity contribution is 5.26. The van der Waals surface area contributed by atoms with Crippen molar-refractivity contribution in [1.82, 2.24) is 0 Å². The van der Waals surface area contributed by atoms with Crippen LogP contribution in [-0.4, -0.2) is 0 Å². The summed E-state index contributed by atoms with van der Waals surface area (Å²) in [7, 11) is 0. The summed E-state index contributed by atoms with van der Waals surface area (Å²) in [5, 5.41) is 0. The number of hydrogen-bond donors (Lipinski definition) is 0. The van der Waals surface area contributed by atoms with Crippen LogP contribution in [-0.2, 0) is 0 Å². The van der Waals surface area contributed by atoms with Crippen molar-refractivity contribution in [1.29, 1.82) is 0 Å². The molecule has 41 heavy (non-hydrogen) atoms. The zero-order chi connectivity index (χ0) is 27.4. The summed E-state index contributed by atoms with van der Waals surface area (Å²) in [6.45, 7) is 10.6. The van der Waals surface area contributed by atoms with Crippen LogP contribution in [0.5, 0.6) is 0 Å². The summed E-state index contributed by atoms with van der Waals surface area (Å²) in [6, 6.07) is 0. The predicted molar refractivity (Wildman–Crippen MR) is 169 cm³/mol. The van der Waals surface area contributed by atoms with Crippen LogP contribution in [0.1, 0.15) is 130 Å². The Balaban J connectivity index is 1.08. The highest BCUT2D eigenvalue weighted by Gasteiger charge is 2.78. The van der Waals surface area contributed by atoms with Crippen molar-refractivity contribution in [3.05, 3.63) is 0 Å². The van der Waals surface area contributed by atoms with Crippen LogP contribution >= 0.6 is 0 Å². The number of fused-ring (bicyclic) bond motifs is 6. The molecule has 0 N–H and O–H groups in total. The van der Waals surface area contributed by atoms with Crippen LogP contribution < -0.4 is 0 Å². The molecular weight excluding hydrogens is 492 g/mol. The Bertz CT molecular complexity index is 1030. The average molecular weight is 557 g/mol. The molecule has 0 amide bonds. The van der Waals surface area contributed by atoms with Crippen molar-refractivity contribution < 1.29 is 0 Å². The molecule has 228 valence electrons. The average Bonchev–Trinajstić information content (AvgIpc) is 3.64. The maximum atomic E-state index is 2.70. The molecule has 0 nitrogen and oxygen atoms in total. The van der Waals surface area contributed by atoms with Gasteiger partial charge in [-0.1, -0.05) is 47.0 Å². The van der Waals surface area contributed by atoms with Crippen molar-refractivity contribution in [2.75, 3.05) is 0 Å². The normalized spacial score (nSPS) is 67.0. The zero-order valence-corrected chi connectivity index (χ0v) is 27.4. The smallest absolute Gasteiger partial charge is 0.0193 e. The van der Waals surface area contributed by atoms with E-state index in [0.29, 0.717) is 0 Å². The third-order valence-corrected chi connectivity index (χ3v) is 18.6. The Morgan fingerprint density at radius 3 is 1.85 bits per heavy atom. The summed E-state index contributed by atoms with van der Waals surface area (Å²) in [5.74, 6) is 22.3. The first-order chi connectivity index (χ1) is 19.9. The van der Waals surface area contributed by atoms with Crippen molar-refractivity contribution in [2.24, 2.45) is 124 Å². The Hall–Kier alpha value is 0. The van der Waals surface area contributed by atoms with Crippen molar-refractivity contribution in [3.8, 4) is 0 Å². The van der Waals surface area contributed by atoms with Crippen LogP contribution in [0.4, 0.5) is 0 Å². The topological polar surface area (TPSA) is 0 Å². The minimum atomic E-state index is 0.815. The molecule has 0 radical (unpaired) electrons. The van der Waals surface area contributed by atoms with Gasteiger partial charge >= 0.3 is 0 Å². The number of rotatable bonds is 1. The predicted octanol–water partition coefficient (Wildman–Crippen LogP) is 10.8. The molecule has 10 aliphatic rings. The van der Waals surface area contributed by atoms with Crippen molar-refractivity contribution in [2.45, 2.75) is 130 Å². The second-order valence-corrected chi connectivity index (χ2v) is 20.1. The molecule has 0 aliphatic heterocycles. The van der Waals surface area contributed by atoms with E-state index >= 15 is 0 Å². The molecule has 19 atom stereocenters. The highest BCUT2D eigenvalue weighted by Crippen LogP contribution is 2.84. The largest absolute Gasteiger partial charge is 0.0625 e. The van der Waals surface area contributed by atoms with Gasteiger partial charge < -0.3 is 0 Å². The lowest BCUT2D eigenvalue weighted by Gasteiger charge is -2.61. The Labute approximate surface area is 253 Å². The Kier molecular flexibility index (Phi) is 5.79. The summed E-state index contributed by atoms with van der Waals surface area (Å²) in [4.78, 5) is 0. The second-order valence-electron chi connectivity index (χ2n) is 20.1. The third-order valence-electron chi connectivity index (χ3n) is 18.6. The molecule has 10 aliphatic carbocycles. The van der Waals surface area contributed by atoms with Gasteiger partial charge in [0.05, 0.1) is 0 Å². The Morgan fingerprint density at radius 2 is 1.02 bits per heavy atom. The summed E-state index contributed by atoms with van der Waals surface area (Å²) in [6.07, 6.45) is 26.2. The highest BCUT2D eigenvalue weighted by atomic mass is 14.8. The molecule has 1 spiro atoms. The van der Waals surface area contributed by atoms with Crippen LogP contribution in [0.15, 0.2) is 0 Å². The van der Waals surface area contributed by atoms with E-state index in [1.54, 1.807) is 89.9 Å². The van der Waals surface area contributed by atoms with E-state index in [0.717, 1.165) is 94.2 Å². The first-order valence-corrected chi connectivity index (χ1v) is 19.9. The number of hydrogen-bond acceptors (Lipinski definition) is 0. The van der Waals surface area contributed by atoms with Gasteiger partial charge in [-0.25, -0.2) is 0 Å². The lowest BCUT2D eigenvalue weighted by Crippen LogP contribution is -2.55. The van der Waals surface area contributed by atoms with Crippen molar-refractivity contribution >= 4 is 0 Å². The monoisotopic (exact) mass is 557 g/mol. The van der Waals surface area contributed by atoms with E-state index in [9.17, 15) is 0 Å². The maximum absolute atomic E-state index is 2.70. The minimum absolute atomic E-state index is 0.815. The standard InChI is InChI=1S/C41H64/c1-21-11-23(3)35(24(4)12-21)28-17-30-16-27-10-9-26-13-22(2)14-31-20-41(39(27)36(26)31)38(30)33(18-28)34-19-29-15-25-7-5-6-8-32(25)37(29)40(34)41/h21-40H,5-20H2,1-4H3. The summed E-state index contributed by atoms with van der Waals surface area (Å²) in [5.41, 5.74) is 0.815. The van der Waals surface area contributed by atoms with Gasteiger partial charge in [-0.3, -0.25) is 0 Å². The SMILES string of the molecule is CC1CC(C)C(C2CC3CC4CCC5CC(C)CC6CC7(C3C(C2)C2CC3CC8CCCCC8C3C27)C4C56)C(C)C1. The molecular formula is C41H64. The molecule has 0 bridgehead atoms. The molecule has 19 unspecified atom stereocenters. The van der Waals surface area contributed by atoms with E-state index in [1.807, 2.05) is 0 Å². The summed E-state index contributed by atoms with van der Waals surface area (Å²) >= 11 is 0. The fourth-order valence-electron chi connectivity index (χ4n) is 19.1. The first-order valence-electron chi connectivity index (χ1n) is 19.9. The van der Waals surface area contributed by atoms with Crippen LogP contribution in [0.25, 0.3) is 0 Å². The van der Waals surface area contributed by atoms with Crippen LogP contribution in [0.2, 0.25) is 0 Å². The lowest BCUT2D eigenvalue weighted by atomic mass is 9.43. The van der Waals surface area contributed by atoms with Gasteiger partial charge in [-0.05, 0) is 207 Å². The second kappa shape index (κ2) is 9.05. The zero-order valence-electron chi connectivity index (χ0n) is 27.4. The van der Waals surface area contributed by atoms with Gasteiger partial charge in [0.1, 0.15) is 0 Å². The maximum Gasteiger partial charge on any atom is -0.0193 e. The van der Waals surface area contributed by atoms with E-state index in [1.165, 1.54) is 42.4 Å². The van der Waals surface area contributed by atoms with Crippen LogP contribution in [0, 0.1) is 124 Å². The van der Waals surface area contributed by atoms with Gasteiger partial charge in [-0.2, -0.15) is 0 Å². The Morgan fingerprint density at radius 1 is 0.390 bits per heavy atom. The molecule has 0 heteroatoms. The molecule has 0 aromatic heterocycles. The molecule has 10 rings (SSSR count). The fourth-order valence-corrected chi connectivity index (χ4v) is 19.1. The van der Waals surface area contributed by atoms with Gasteiger partial charge in [0.25, 0.3) is 0 Å². The lowest BCUT2D eigenvalue weighted by molar-refractivity contribution is -0.133. The van der Waals surface area contributed by atoms with Gasteiger partial charge in [0.2, 0.25) is 0 Å². The van der Waals surface area contributed by atoms with E-state index in [2.05, 4.69) is 27.7 Å². The molecule has 0 aromatic rings. The third kappa shape index (κ3) is 3.37. The van der Waals surface area contributed by atoms with Crippen molar-refractivity contribution in [3.63, 3.8) is 0 Å². The fraction of sp³-hybridized carbons (Fsp3) is 1.00. The molecule has 0 heterocycles. The molecule has 0 saturated heterocycles. The summed E-state index contributed by atoms with van der Waals surface area (Å²) < 4.78 is 0. The quantitative estimate of drug-likeness (QED) is 0.301. The van der Waals surface area contributed by atoms with Gasteiger partial charge in [0.15, 0.2) is 0 Å².